The van der Waals surface area contributed by atoms with Gasteiger partial charge in [0.2, 0.25) is 35.4 Å². The molecule has 1 aliphatic rings. The van der Waals surface area contributed by atoms with E-state index in [-0.39, 0.29) is 67.9 Å². The van der Waals surface area contributed by atoms with E-state index in [1.807, 2.05) is 111 Å². The number of nitrogens with one attached hydrogen (secondary N) is 6. The zero-order chi connectivity index (χ0) is 67.9. The van der Waals surface area contributed by atoms with E-state index in [0.29, 0.717) is 55.7 Å². The van der Waals surface area contributed by atoms with Crippen LogP contribution in [0.4, 0.5) is 21.0 Å². The number of primary amides is 1. The molecule has 11 unspecified atom stereocenters. The molecule has 0 saturated carbocycles. The molecule has 1 heterocycles. The molecule has 504 valence electrons. The monoisotopic (exact) mass is 1270 g/mol. The highest BCUT2D eigenvalue weighted by molar-refractivity contribution is 5.98. The molecule has 9 amide bonds. The van der Waals surface area contributed by atoms with Gasteiger partial charge in [0.15, 0.2) is 0 Å². The standard InChI is InChI=1S/C67H103N11O13/c1-16-42(6)56(52(88-13)37-53(79)78-34-22-28-51(78)57(89-14)43(7)59(80)74-50(64(85)90-15)36-44-23-18-17-19-24-44)77(12)63(84)54(40(2)3)75-61(82)55(41(4)5)76(11)38-46-25-20-26-48(35-46)72-66(87)91-39-45-29-31-47(32-30-45)71-60(81)49(27-21-33-70-65(69)86)73-62(83)58(68)67(8,9)10/h17-20,23-26,29-32,35,40-43,49-52,54-58H,16,21-22,27-28,33-34,36-39,68H2,1-15H3,(H,71,81)(H,72,87)(H,73,83)(H,74,80)(H,75,82)(H3,69,70,86). The number of likely N-dealkylation sites (N-methyl/N-ethyl adjacent to an activating group) is 2. The third-order valence-electron chi connectivity index (χ3n) is 17.0. The number of likely N-dealkylation sites (tertiary alicyclic amines) is 1. The van der Waals surface area contributed by atoms with Crippen molar-refractivity contribution >= 4 is 64.9 Å². The Morgan fingerprint density at radius 2 is 1.37 bits per heavy atom. The number of methoxy groups -OCH3 is 3. The summed E-state index contributed by atoms with van der Waals surface area (Å²) in [4.78, 5) is 127. The number of carbonyl (C=O) groups is 9. The number of ether oxygens (including phenoxy) is 4. The predicted octanol–water partition coefficient (Wildman–Crippen LogP) is 6.10. The van der Waals surface area contributed by atoms with Crippen molar-refractivity contribution < 1.29 is 62.1 Å². The quantitative estimate of drug-likeness (QED) is 0.0247. The lowest BCUT2D eigenvalue weighted by Gasteiger charge is -2.41. The number of esters is 1. The fourth-order valence-electron chi connectivity index (χ4n) is 11.6. The molecule has 3 aromatic rings. The third-order valence-corrected chi connectivity index (χ3v) is 17.0. The summed E-state index contributed by atoms with van der Waals surface area (Å²) in [6, 6.07) is 16.9. The highest BCUT2D eigenvalue weighted by atomic mass is 16.5. The number of nitrogens with zero attached hydrogens (tertiary/aromatic N) is 3. The van der Waals surface area contributed by atoms with Crippen molar-refractivity contribution in [2.45, 2.75) is 182 Å². The van der Waals surface area contributed by atoms with E-state index in [1.165, 1.54) is 21.3 Å². The minimum atomic E-state index is -0.958. The maximum absolute atomic E-state index is 14.9. The SMILES string of the molecule is CCC(C)C(C(CC(=O)N1CCCC1C(OC)C(C)C(=O)NC(Cc1ccccc1)C(=O)OC)OC)N(C)C(=O)C(NC(=O)C(C(C)C)N(C)Cc1cccc(NC(=O)OCc2ccc(NC(=O)C(CCCNC(N)=O)NC(=O)C(N)C(C)(C)C)cc2)c1)C(C)C. The van der Waals surface area contributed by atoms with Crippen molar-refractivity contribution in [3.8, 4) is 0 Å². The first-order valence-corrected chi connectivity index (χ1v) is 31.5. The Bertz CT molecular complexity index is 2870. The second-order valence-corrected chi connectivity index (χ2v) is 25.6. The van der Waals surface area contributed by atoms with Crippen molar-refractivity contribution in [1.29, 1.82) is 0 Å². The summed E-state index contributed by atoms with van der Waals surface area (Å²) in [5.41, 5.74) is 13.9. The molecule has 1 saturated heterocycles. The van der Waals surface area contributed by atoms with Crippen LogP contribution in [-0.2, 0) is 72.1 Å². The summed E-state index contributed by atoms with van der Waals surface area (Å²) in [5, 5.41) is 16.7. The van der Waals surface area contributed by atoms with E-state index in [0.717, 1.165) is 11.1 Å². The highest BCUT2D eigenvalue weighted by Gasteiger charge is 2.44. The maximum atomic E-state index is 14.9. The number of carbonyl (C=O) groups excluding carboxylic acids is 9. The molecule has 24 heteroatoms. The summed E-state index contributed by atoms with van der Waals surface area (Å²) in [7, 11) is 7.81. The minimum absolute atomic E-state index is 0.0716. The van der Waals surface area contributed by atoms with Crippen LogP contribution in [0, 0.1) is 29.1 Å². The molecule has 0 bridgehead atoms. The largest absolute Gasteiger partial charge is 0.467 e. The Kier molecular flexibility index (Phi) is 30.3. The van der Waals surface area contributed by atoms with Crippen LogP contribution in [0.2, 0.25) is 0 Å². The van der Waals surface area contributed by atoms with Crippen LogP contribution in [0.5, 0.6) is 0 Å². The fraction of sp³-hybridized carbons (Fsp3) is 0.597. The second-order valence-electron chi connectivity index (χ2n) is 25.6. The van der Waals surface area contributed by atoms with E-state index in [4.69, 9.17) is 30.4 Å². The number of anilines is 2. The van der Waals surface area contributed by atoms with Gasteiger partial charge in [-0.1, -0.05) is 130 Å². The summed E-state index contributed by atoms with van der Waals surface area (Å²) < 4.78 is 22.7. The van der Waals surface area contributed by atoms with Gasteiger partial charge < -0.3 is 66.8 Å². The van der Waals surface area contributed by atoms with Crippen LogP contribution in [0.25, 0.3) is 0 Å². The lowest BCUT2D eigenvalue weighted by atomic mass is 9.86. The lowest BCUT2D eigenvalue weighted by Crippen LogP contribution is -2.60. The number of hydrogen-bond donors (Lipinski definition) is 8. The van der Waals surface area contributed by atoms with E-state index >= 15 is 0 Å². The van der Waals surface area contributed by atoms with Gasteiger partial charge in [0.05, 0.1) is 55.8 Å². The lowest BCUT2D eigenvalue weighted by molar-refractivity contribution is -0.149. The Hall–Kier alpha value is -7.67. The van der Waals surface area contributed by atoms with E-state index < -0.39 is 102 Å². The number of amides is 9. The zero-order valence-corrected chi connectivity index (χ0v) is 56.1. The first kappa shape index (κ1) is 75.8. The average molecular weight is 1270 g/mol. The van der Waals surface area contributed by atoms with Gasteiger partial charge in [-0.05, 0) is 96.9 Å². The zero-order valence-electron chi connectivity index (χ0n) is 56.1. The topological polar surface area (TPSA) is 324 Å². The van der Waals surface area contributed by atoms with Gasteiger partial charge in [0.25, 0.3) is 0 Å². The molecule has 3 aromatic carbocycles. The smallest absolute Gasteiger partial charge is 0.411 e. The van der Waals surface area contributed by atoms with E-state index in [1.54, 1.807) is 66.2 Å². The fourth-order valence-corrected chi connectivity index (χ4v) is 11.6. The van der Waals surface area contributed by atoms with Crippen molar-refractivity contribution in [3.63, 3.8) is 0 Å². The Morgan fingerprint density at radius 3 is 1.96 bits per heavy atom. The van der Waals surface area contributed by atoms with Crippen molar-refractivity contribution in [1.82, 2.24) is 36.0 Å². The molecule has 0 aromatic heterocycles. The number of hydrogen-bond acceptors (Lipinski definition) is 15. The van der Waals surface area contributed by atoms with Gasteiger partial charge in [-0.2, -0.15) is 0 Å². The molecule has 11 atom stereocenters. The van der Waals surface area contributed by atoms with Gasteiger partial charge >= 0.3 is 18.1 Å². The summed E-state index contributed by atoms with van der Waals surface area (Å²) in [6.45, 7) is 19.6. The minimum Gasteiger partial charge on any atom is -0.467 e. The van der Waals surface area contributed by atoms with Crippen molar-refractivity contribution in [3.05, 3.63) is 95.6 Å². The number of nitrogens with two attached hydrogens (primary N) is 2. The van der Waals surface area contributed by atoms with Crippen LogP contribution in [0.15, 0.2) is 78.9 Å². The van der Waals surface area contributed by atoms with Crippen molar-refractivity contribution in [2.75, 3.05) is 59.1 Å². The van der Waals surface area contributed by atoms with Crippen LogP contribution in [-0.4, -0.2) is 171 Å². The molecule has 0 spiro atoms. The van der Waals surface area contributed by atoms with Crippen LogP contribution >= 0.6 is 0 Å². The molecule has 4 rings (SSSR count). The number of rotatable bonds is 34. The van der Waals surface area contributed by atoms with Gasteiger partial charge in [-0.3, -0.25) is 39.0 Å². The molecular formula is C67H103N11O13. The van der Waals surface area contributed by atoms with Crippen molar-refractivity contribution in [2.24, 2.45) is 40.6 Å². The van der Waals surface area contributed by atoms with Crippen LogP contribution in [0.1, 0.15) is 124 Å². The predicted molar refractivity (Wildman–Crippen MR) is 349 cm³/mol. The summed E-state index contributed by atoms with van der Waals surface area (Å²) in [6.07, 6.45) is 0.443. The first-order chi connectivity index (χ1) is 43.0. The first-order valence-electron chi connectivity index (χ1n) is 31.5. The summed E-state index contributed by atoms with van der Waals surface area (Å²) in [5.74, 6) is -4.31. The Balaban J connectivity index is 1.38. The van der Waals surface area contributed by atoms with Gasteiger partial charge in [0.1, 0.15) is 24.7 Å². The number of benzene rings is 3. The molecule has 91 heavy (non-hydrogen) atoms. The van der Waals surface area contributed by atoms with E-state index in [2.05, 4.69) is 31.9 Å². The molecular weight excluding hydrogens is 1170 g/mol. The van der Waals surface area contributed by atoms with Crippen LogP contribution in [0.3, 0.4) is 0 Å². The van der Waals surface area contributed by atoms with Gasteiger partial charge in [-0.25, -0.2) is 14.4 Å². The normalized spacial score (nSPS) is 16.6. The molecule has 1 fully saturated rings. The molecule has 10 N–H and O–H groups in total. The van der Waals surface area contributed by atoms with Gasteiger partial charge in [0, 0.05) is 58.7 Å². The highest BCUT2D eigenvalue weighted by Crippen LogP contribution is 2.31. The summed E-state index contributed by atoms with van der Waals surface area (Å²) >= 11 is 0. The van der Waals surface area contributed by atoms with E-state index in [9.17, 15) is 43.2 Å². The molecule has 0 aliphatic carbocycles. The maximum Gasteiger partial charge on any atom is 0.411 e. The molecule has 1 aliphatic heterocycles. The second kappa shape index (κ2) is 36.4. The average Bonchev–Trinajstić information content (AvgIpc) is 1.86. The van der Waals surface area contributed by atoms with Crippen LogP contribution < -0.4 is 43.4 Å². The Morgan fingerprint density at radius 1 is 0.725 bits per heavy atom. The third kappa shape index (κ3) is 22.9. The van der Waals surface area contributed by atoms with Gasteiger partial charge in [-0.15, -0.1) is 0 Å². The molecule has 0 radical (unpaired) electrons. The Labute approximate surface area is 538 Å². The number of urea groups is 1. The molecule has 24 nitrogen and oxygen atoms in total.